The average molecular weight is 653 g/mol. The van der Waals surface area contributed by atoms with Gasteiger partial charge in [-0.2, -0.15) is 0 Å². The summed E-state index contributed by atoms with van der Waals surface area (Å²) in [6.07, 6.45) is 0. The molecule has 41 heavy (non-hydrogen) atoms. The van der Waals surface area contributed by atoms with Crippen molar-refractivity contribution in [2.45, 2.75) is 0 Å². The molecule has 0 N–H and O–H groups in total. The molecule has 9 rings (SSSR count). The quantitative estimate of drug-likeness (QED) is 0.165. The monoisotopic (exact) mass is 652 g/mol. The molecule has 6 aromatic carbocycles. The van der Waals surface area contributed by atoms with E-state index in [2.05, 4.69) is 160 Å². The Balaban J connectivity index is 1.37. The highest BCUT2D eigenvalue weighted by Gasteiger charge is 2.18. The first-order chi connectivity index (χ1) is 20.2. The maximum Gasteiger partial charge on any atom is 0.0660 e. The maximum atomic E-state index is 3.48. The Morgan fingerprint density at radius 2 is 1.37 bits per heavy atom. The van der Waals surface area contributed by atoms with E-state index in [1.807, 2.05) is 11.3 Å². The fourth-order valence-corrected chi connectivity index (χ4v) is 8.65. The number of hydrogen-bond acceptors (Lipinski definition) is 1. The topological polar surface area (TPSA) is 9.86 Å². The Hall–Kier alpha value is -4.31. The summed E-state index contributed by atoms with van der Waals surface area (Å²) in [5, 5.41) is 7.61. The van der Waals surface area contributed by atoms with Crippen LogP contribution in [0.25, 0.3) is 80.6 Å². The van der Waals surface area contributed by atoms with Gasteiger partial charge in [-0.15, -0.1) is 11.3 Å². The number of nitrogens with zero attached hydrogens (tertiary/aromatic N) is 2. The summed E-state index contributed by atoms with van der Waals surface area (Å²) >= 11 is 4.39. The summed E-state index contributed by atoms with van der Waals surface area (Å²) in [6, 6.07) is 46.5. The fourth-order valence-electron chi connectivity index (χ4n) is 6.62. The van der Waals surface area contributed by atoms with E-state index in [0.717, 1.165) is 11.1 Å². The molecule has 0 fully saturated rings. The van der Waals surface area contributed by atoms with E-state index in [1.165, 1.54) is 73.0 Å². The fraction of sp³-hybridized carbons (Fsp3) is 0.0270. The third kappa shape index (κ3) is 3.25. The van der Waals surface area contributed by atoms with Crippen LogP contribution < -0.4 is 0 Å². The van der Waals surface area contributed by atoms with Crippen molar-refractivity contribution in [2.75, 3.05) is 0 Å². The number of benzene rings is 5. The van der Waals surface area contributed by atoms with Crippen LogP contribution in [0.2, 0.25) is 0 Å². The highest BCUT2D eigenvalue weighted by Crippen LogP contribution is 2.41. The molecule has 0 unspecified atom stereocenters. The van der Waals surface area contributed by atoms with Crippen LogP contribution in [-0.2, 0) is 7.05 Å². The predicted molar refractivity (Wildman–Crippen MR) is 183 cm³/mol. The Kier molecular flexibility index (Phi) is 4.91. The molecule has 0 amide bonds. The molecule has 3 heterocycles. The van der Waals surface area contributed by atoms with Gasteiger partial charge in [-0.1, -0.05) is 78.9 Å². The number of fused-ring (bicyclic) bond motifs is 9. The summed E-state index contributed by atoms with van der Waals surface area (Å²) in [6.45, 7) is 0. The van der Waals surface area contributed by atoms with Gasteiger partial charge in [0, 0.05) is 63.5 Å². The normalized spacial score (nSPS) is 12.0. The van der Waals surface area contributed by atoms with Crippen molar-refractivity contribution in [2.24, 2.45) is 7.05 Å². The third-order valence-electron chi connectivity index (χ3n) is 8.43. The third-order valence-corrected chi connectivity index (χ3v) is 10.9. The number of para-hydroxylation sites is 2. The van der Waals surface area contributed by atoms with E-state index >= 15 is 0 Å². The Morgan fingerprint density at radius 3 is 2.22 bits per heavy atom. The van der Waals surface area contributed by atoms with E-state index < -0.39 is 0 Å². The first kappa shape index (κ1) is 23.4. The summed E-state index contributed by atoms with van der Waals surface area (Å²) in [7, 11) is 2.15. The SMILES string of the molecule is Cn1c2ccccc2c2cc#cc(-c3ccc4c5ccccc5n(-c5cc(I)c6sc7ccccc7c6c5)c4c3)c21. The van der Waals surface area contributed by atoms with Crippen LogP contribution >= 0.6 is 33.9 Å². The van der Waals surface area contributed by atoms with E-state index in [0.29, 0.717) is 0 Å². The zero-order chi connectivity index (χ0) is 27.2. The average Bonchev–Trinajstić information content (AvgIpc) is 3.65. The van der Waals surface area contributed by atoms with Gasteiger partial charge in [0.15, 0.2) is 0 Å². The van der Waals surface area contributed by atoms with Crippen molar-refractivity contribution in [1.82, 2.24) is 9.13 Å². The predicted octanol–water partition coefficient (Wildman–Crippen LogP) is 10.7. The molecule has 3 aromatic heterocycles. The molecule has 2 nitrogen and oxygen atoms in total. The molecule has 192 valence electrons. The van der Waals surface area contributed by atoms with Gasteiger partial charge in [0.1, 0.15) is 0 Å². The van der Waals surface area contributed by atoms with Crippen molar-refractivity contribution in [3.05, 3.63) is 125 Å². The van der Waals surface area contributed by atoms with Gasteiger partial charge in [0.2, 0.25) is 0 Å². The van der Waals surface area contributed by atoms with E-state index in [4.69, 9.17) is 0 Å². The van der Waals surface area contributed by atoms with Crippen LogP contribution in [0.15, 0.2) is 109 Å². The molecule has 0 atom stereocenters. The van der Waals surface area contributed by atoms with Gasteiger partial charge < -0.3 is 9.13 Å². The lowest BCUT2D eigenvalue weighted by atomic mass is 10.0. The number of rotatable bonds is 2. The van der Waals surface area contributed by atoms with Gasteiger partial charge in [-0.3, -0.25) is 0 Å². The summed E-state index contributed by atoms with van der Waals surface area (Å²) < 4.78 is 8.69. The molecular formula is C37H21IN2S. The van der Waals surface area contributed by atoms with Crippen LogP contribution in [0, 0.1) is 15.7 Å². The van der Waals surface area contributed by atoms with Crippen LogP contribution in [0.4, 0.5) is 0 Å². The van der Waals surface area contributed by atoms with E-state index in [1.54, 1.807) is 0 Å². The van der Waals surface area contributed by atoms with Gasteiger partial charge in [-0.25, -0.2) is 0 Å². The lowest BCUT2D eigenvalue weighted by molar-refractivity contribution is 1.02. The zero-order valence-corrected chi connectivity index (χ0v) is 25.0. The van der Waals surface area contributed by atoms with Crippen molar-refractivity contribution in [1.29, 1.82) is 0 Å². The number of aromatic nitrogens is 2. The van der Waals surface area contributed by atoms with Crippen LogP contribution in [0.1, 0.15) is 0 Å². The van der Waals surface area contributed by atoms with Crippen molar-refractivity contribution in [3.8, 4) is 16.8 Å². The van der Waals surface area contributed by atoms with Gasteiger partial charge in [0.25, 0.3) is 0 Å². The molecule has 9 aromatic rings. The zero-order valence-electron chi connectivity index (χ0n) is 22.1. The largest absolute Gasteiger partial charge is 0.343 e. The van der Waals surface area contributed by atoms with Crippen molar-refractivity contribution in [3.63, 3.8) is 0 Å². The molecule has 0 aliphatic carbocycles. The molecular weight excluding hydrogens is 631 g/mol. The number of aryl methyl sites for hydroxylation is 1. The Labute approximate surface area is 254 Å². The lowest BCUT2D eigenvalue weighted by Crippen LogP contribution is -1.95. The first-order valence-corrected chi connectivity index (χ1v) is 15.5. The summed E-state index contributed by atoms with van der Waals surface area (Å²) in [5.41, 5.74) is 8.23. The van der Waals surface area contributed by atoms with Crippen molar-refractivity contribution < 1.29 is 0 Å². The van der Waals surface area contributed by atoms with Crippen LogP contribution in [-0.4, -0.2) is 9.13 Å². The van der Waals surface area contributed by atoms with E-state index in [9.17, 15) is 0 Å². The summed E-state index contributed by atoms with van der Waals surface area (Å²) in [4.78, 5) is 0. The molecule has 0 saturated carbocycles. The van der Waals surface area contributed by atoms with Gasteiger partial charge >= 0.3 is 0 Å². The van der Waals surface area contributed by atoms with Crippen LogP contribution in [0.3, 0.4) is 0 Å². The molecule has 4 heteroatoms. The first-order valence-electron chi connectivity index (χ1n) is 13.6. The van der Waals surface area contributed by atoms with Gasteiger partial charge in [-0.05, 0) is 70.6 Å². The van der Waals surface area contributed by atoms with Crippen molar-refractivity contribution >= 4 is 97.7 Å². The molecule has 0 radical (unpaired) electrons. The number of halogens is 1. The highest BCUT2D eigenvalue weighted by molar-refractivity contribution is 14.1. The highest BCUT2D eigenvalue weighted by atomic mass is 127. The summed E-state index contributed by atoms with van der Waals surface area (Å²) in [5.74, 6) is 0. The molecule has 0 spiro atoms. The molecule has 0 saturated heterocycles. The second-order valence-electron chi connectivity index (χ2n) is 10.6. The Bertz CT molecular complexity index is 2510. The molecule has 0 aliphatic heterocycles. The van der Waals surface area contributed by atoms with Gasteiger partial charge in [0.05, 0.1) is 22.1 Å². The number of thiophene rings is 1. The van der Waals surface area contributed by atoms with E-state index in [-0.39, 0.29) is 0 Å². The number of hydrogen-bond donors (Lipinski definition) is 0. The standard InChI is InChI=1S/C37H21IN2S/c1-39-32-14-5-2-10-26(32)29-13-8-12-24(36(29)39)22-17-18-27-25-9-3-6-15-33(25)40(34(27)19-22)23-20-30-28-11-4-7-16-35(28)41-37(30)31(38)21-23/h2-7,9-11,13-21H,1H3. The minimum atomic E-state index is 1.08. The maximum absolute atomic E-state index is 3.48. The minimum Gasteiger partial charge on any atom is -0.343 e. The second kappa shape index (κ2) is 8.59. The van der Waals surface area contributed by atoms with Crippen LogP contribution in [0.5, 0.6) is 0 Å². The molecule has 0 bridgehead atoms. The lowest BCUT2D eigenvalue weighted by Gasteiger charge is -2.11. The Morgan fingerprint density at radius 1 is 0.659 bits per heavy atom. The second-order valence-corrected chi connectivity index (χ2v) is 12.8. The minimum absolute atomic E-state index is 1.08. The molecule has 0 aliphatic rings. The smallest absolute Gasteiger partial charge is 0.0660 e.